The second-order valence-corrected chi connectivity index (χ2v) is 11.4. The third kappa shape index (κ3) is 14.6. The molecule has 0 aromatic heterocycles. The fraction of sp³-hybridized carbons (Fsp3) is 0.429. The minimum Gasteiger partial charge on any atom is -0.480 e. The number of carbonyl (C=O) groups is 4. The van der Waals surface area contributed by atoms with E-state index in [0.717, 1.165) is 0 Å². The first-order valence-electron chi connectivity index (χ1n) is 13.1. The molecular formula is C28H37N5O11. The van der Waals surface area contributed by atoms with Crippen LogP contribution in [0.1, 0.15) is 52.7 Å². The number of nitro benzene ring substituents is 2. The minimum absolute atomic E-state index is 0.00737. The molecule has 0 unspecified atom stereocenters. The summed E-state index contributed by atoms with van der Waals surface area (Å²) in [4.78, 5) is 66.0. The number of carbonyl (C=O) groups excluding carboxylic acids is 3. The number of hydrogen-bond donors (Lipinski definition) is 4. The molecule has 0 bridgehead atoms. The highest BCUT2D eigenvalue weighted by Gasteiger charge is 2.25. The topological polar surface area (TPSA) is 243 Å². The molecule has 5 N–H and O–H groups in total. The summed E-state index contributed by atoms with van der Waals surface area (Å²) in [6, 6.07) is 8.96. The molecular weight excluding hydrogens is 582 g/mol. The Morgan fingerprint density at radius 2 is 1.05 bits per heavy atom. The summed E-state index contributed by atoms with van der Waals surface area (Å²) in [7, 11) is 0. The molecule has 0 heterocycles. The summed E-state index contributed by atoms with van der Waals surface area (Å²) in [6.45, 7) is 10.1. The van der Waals surface area contributed by atoms with Crippen LogP contribution in [0, 0.1) is 20.2 Å². The summed E-state index contributed by atoms with van der Waals surface area (Å²) in [5, 5.41) is 34.9. The predicted octanol–water partition coefficient (Wildman–Crippen LogP) is 3.63. The number of non-ortho nitro benzene ring substituents is 2. The summed E-state index contributed by atoms with van der Waals surface area (Å²) < 4.78 is 10.1. The van der Waals surface area contributed by atoms with E-state index in [1.807, 2.05) is 0 Å². The zero-order valence-electron chi connectivity index (χ0n) is 25.2. The molecule has 0 saturated heterocycles. The van der Waals surface area contributed by atoms with Gasteiger partial charge in [-0.25, -0.2) is 14.4 Å². The van der Waals surface area contributed by atoms with Gasteiger partial charge in [-0.3, -0.25) is 25.0 Å². The van der Waals surface area contributed by atoms with E-state index in [4.69, 9.17) is 20.3 Å². The van der Waals surface area contributed by atoms with Crippen molar-refractivity contribution in [3.05, 3.63) is 79.9 Å². The summed E-state index contributed by atoms with van der Waals surface area (Å²) >= 11 is 0. The van der Waals surface area contributed by atoms with Crippen LogP contribution in [0.15, 0.2) is 48.5 Å². The Hall–Kier alpha value is -5.28. The van der Waals surface area contributed by atoms with Crippen LogP contribution in [0.5, 0.6) is 0 Å². The molecule has 2 aromatic rings. The monoisotopic (exact) mass is 619 g/mol. The second-order valence-electron chi connectivity index (χ2n) is 11.4. The quantitative estimate of drug-likeness (QED) is 0.221. The van der Waals surface area contributed by atoms with Gasteiger partial charge in [0.05, 0.1) is 9.85 Å². The number of rotatable bonds is 10. The average Bonchev–Trinajstić information content (AvgIpc) is 2.86. The predicted molar refractivity (Wildman–Crippen MR) is 157 cm³/mol. The lowest BCUT2D eigenvalue weighted by Crippen LogP contribution is -2.47. The number of ether oxygens (including phenoxy) is 2. The Kier molecular flexibility index (Phi) is 13.2. The molecule has 44 heavy (non-hydrogen) atoms. The number of amides is 3. The zero-order valence-corrected chi connectivity index (χ0v) is 25.2. The van der Waals surface area contributed by atoms with E-state index in [1.54, 1.807) is 41.5 Å². The van der Waals surface area contributed by atoms with Crippen LogP contribution in [0.2, 0.25) is 0 Å². The molecule has 2 aromatic carbocycles. The molecule has 240 valence electrons. The van der Waals surface area contributed by atoms with Crippen LogP contribution in [0.3, 0.4) is 0 Å². The Labute approximate surface area is 253 Å². The van der Waals surface area contributed by atoms with E-state index in [2.05, 4.69) is 10.6 Å². The van der Waals surface area contributed by atoms with Crippen LogP contribution < -0.4 is 16.4 Å². The molecule has 0 aliphatic heterocycles. The third-order valence-corrected chi connectivity index (χ3v) is 5.20. The van der Waals surface area contributed by atoms with Gasteiger partial charge in [0.2, 0.25) is 5.91 Å². The Morgan fingerprint density at radius 3 is 1.32 bits per heavy atom. The molecule has 0 fully saturated rings. The maximum absolute atomic E-state index is 11.7. The number of aliphatic carboxylic acids is 1. The van der Waals surface area contributed by atoms with Gasteiger partial charge in [0.1, 0.15) is 23.3 Å². The van der Waals surface area contributed by atoms with Crippen LogP contribution >= 0.6 is 0 Å². The largest absolute Gasteiger partial charge is 0.480 e. The summed E-state index contributed by atoms with van der Waals surface area (Å²) in [5.74, 6) is -1.94. The smallest absolute Gasteiger partial charge is 0.408 e. The van der Waals surface area contributed by atoms with Crippen molar-refractivity contribution < 1.29 is 43.6 Å². The summed E-state index contributed by atoms with van der Waals surface area (Å²) in [6.07, 6.45) is -1.47. The SMILES string of the molecule is CC(C)(C)OC(=O)N[C@@H](Cc1ccc([N+](=O)[O-])cc1)C(=O)O.CC(C)(C)OC(=O)N[C@@H](Cc1ccc([N+](=O)[O-])cc1)C(N)=O. The van der Waals surface area contributed by atoms with Crippen LogP contribution in [0.25, 0.3) is 0 Å². The van der Waals surface area contributed by atoms with Gasteiger partial charge >= 0.3 is 18.2 Å². The number of alkyl carbamates (subject to hydrolysis) is 2. The first kappa shape index (κ1) is 36.7. The molecule has 0 saturated carbocycles. The number of carboxylic acids is 1. The average molecular weight is 620 g/mol. The lowest BCUT2D eigenvalue weighted by molar-refractivity contribution is -0.385. The number of primary amides is 1. The van der Waals surface area contributed by atoms with Gasteiger partial charge in [0, 0.05) is 37.1 Å². The van der Waals surface area contributed by atoms with Crippen LogP contribution in [0.4, 0.5) is 21.0 Å². The fourth-order valence-electron chi connectivity index (χ4n) is 3.30. The Bertz CT molecular complexity index is 1230. The number of nitrogens with one attached hydrogen (secondary N) is 2. The fourth-order valence-corrected chi connectivity index (χ4v) is 3.30. The molecule has 0 spiro atoms. The van der Waals surface area contributed by atoms with Crippen LogP contribution in [-0.4, -0.2) is 62.3 Å². The zero-order chi connectivity index (χ0) is 33.8. The van der Waals surface area contributed by atoms with E-state index in [0.29, 0.717) is 11.1 Å². The van der Waals surface area contributed by atoms with Crippen molar-refractivity contribution in [1.29, 1.82) is 0 Å². The van der Waals surface area contributed by atoms with Crippen molar-refractivity contribution >= 4 is 35.4 Å². The van der Waals surface area contributed by atoms with Gasteiger partial charge in [0.25, 0.3) is 11.4 Å². The highest BCUT2D eigenvalue weighted by Crippen LogP contribution is 2.15. The van der Waals surface area contributed by atoms with E-state index < -0.39 is 57.2 Å². The number of hydrogen-bond acceptors (Lipinski definition) is 10. The molecule has 2 rings (SSSR count). The van der Waals surface area contributed by atoms with Gasteiger partial charge in [-0.05, 0) is 52.7 Å². The molecule has 0 aliphatic rings. The first-order valence-corrected chi connectivity index (χ1v) is 13.1. The van der Waals surface area contributed by atoms with Crippen molar-refractivity contribution in [2.45, 2.75) is 77.7 Å². The first-order chi connectivity index (χ1) is 20.2. The number of nitro groups is 2. The normalized spacial score (nSPS) is 12.3. The van der Waals surface area contributed by atoms with Gasteiger partial charge in [-0.15, -0.1) is 0 Å². The van der Waals surface area contributed by atoms with Crippen molar-refractivity contribution in [3.63, 3.8) is 0 Å². The molecule has 2 atom stereocenters. The third-order valence-electron chi connectivity index (χ3n) is 5.20. The van der Waals surface area contributed by atoms with Crippen molar-refractivity contribution in [2.75, 3.05) is 0 Å². The van der Waals surface area contributed by atoms with Gasteiger partial charge in [-0.1, -0.05) is 24.3 Å². The van der Waals surface area contributed by atoms with E-state index >= 15 is 0 Å². The highest BCUT2D eigenvalue weighted by molar-refractivity contribution is 5.84. The van der Waals surface area contributed by atoms with E-state index in [-0.39, 0.29) is 24.2 Å². The van der Waals surface area contributed by atoms with E-state index in [9.17, 15) is 39.4 Å². The van der Waals surface area contributed by atoms with Gasteiger partial charge in [-0.2, -0.15) is 0 Å². The number of benzene rings is 2. The Balaban J connectivity index is 0.000000440. The number of nitrogens with zero attached hydrogens (tertiary/aromatic N) is 2. The highest BCUT2D eigenvalue weighted by atomic mass is 16.6. The number of carboxylic acid groups (broad SMARTS) is 1. The molecule has 0 aliphatic carbocycles. The van der Waals surface area contributed by atoms with Crippen LogP contribution in [-0.2, 0) is 31.9 Å². The lowest BCUT2D eigenvalue weighted by Gasteiger charge is -2.22. The number of nitrogens with two attached hydrogens (primary N) is 1. The maximum atomic E-state index is 11.7. The van der Waals surface area contributed by atoms with Gasteiger partial charge in [0.15, 0.2) is 0 Å². The lowest BCUT2D eigenvalue weighted by atomic mass is 10.1. The van der Waals surface area contributed by atoms with E-state index in [1.165, 1.54) is 48.5 Å². The van der Waals surface area contributed by atoms with Crippen molar-refractivity contribution in [2.24, 2.45) is 5.73 Å². The van der Waals surface area contributed by atoms with Crippen molar-refractivity contribution in [3.8, 4) is 0 Å². The second kappa shape index (κ2) is 15.8. The minimum atomic E-state index is -1.22. The molecule has 16 heteroatoms. The Morgan fingerprint density at radius 1 is 0.727 bits per heavy atom. The van der Waals surface area contributed by atoms with Crippen molar-refractivity contribution in [1.82, 2.24) is 10.6 Å². The summed E-state index contributed by atoms with van der Waals surface area (Å²) in [5.41, 5.74) is 4.86. The standard InChI is InChI=1S/C14H19N3O5.C14H18N2O6/c1-14(2,3)22-13(19)16-11(12(15)18)8-9-4-6-10(7-5-9)17(20)21;1-14(2,3)22-13(19)15-11(12(17)18)8-9-4-6-10(7-5-9)16(20)21/h4-7,11H,8H2,1-3H3,(H2,15,18)(H,16,19);4-7,11H,8H2,1-3H3,(H,15,19)(H,17,18)/t2*11-/m00/s1. The molecule has 16 nitrogen and oxygen atoms in total. The van der Waals surface area contributed by atoms with Gasteiger partial charge < -0.3 is 30.9 Å². The molecule has 3 amide bonds. The maximum Gasteiger partial charge on any atom is 0.408 e. The molecule has 0 radical (unpaired) electrons.